The Balaban J connectivity index is 2.22. The Labute approximate surface area is 103 Å². The molecule has 0 amide bonds. The van der Waals surface area contributed by atoms with Gasteiger partial charge in [0.2, 0.25) is 0 Å². The van der Waals surface area contributed by atoms with Gasteiger partial charge in [0.25, 0.3) is 0 Å². The second kappa shape index (κ2) is 4.84. The SMILES string of the molecule is N#CCCN(c1cccc(C(F)(F)F)n1)C1CC1. The second-order valence-electron chi connectivity index (χ2n) is 4.21. The minimum Gasteiger partial charge on any atom is -0.353 e. The van der Waals surface area contributed by atoms with Gasteiger partial charge in [0.1, 0.15) is 11.5 Å². The number of rotatable bonds is 4. The molecule has 6 heteroatoms. The average Bonchev–Trinajstić information content (AvgIpc) is 3.13. The summed E-state index contributed by atoms with van der Waals surface area (Å²) in [4.78, 5) is 5.44. The molecule has 18 heavy (non-hydrogen) atoms. The molecule has 1 saturated carbocycles. The first-order chi connectivity index (χ1) is 8.52. The van der Waals surface area contributed by atoms with Gasteiger partial charge in [0, 0.05) is 12.6 Å². The van der Waals surface area contributed by atoms with E-state index in [0.717, 1.165) is 18.9 Å². The second-order valence-corrected chi connectivity index (χ2v) is 4.21. The first kappa shape index (κ1) is 12.7. The standard InChI is InChI=1S/C12H12F3N3/c13-12(14,15)10-3-1-4-11(17-10)18(8-2-7-16)9-5-6-9/h1,3-4,9H,2,5-6,8H2. The summed E-state index contributed by atoms with van der Waals surface area (Å²) in [5.74, 6) is 0.308. The van der Waals surface area contributed by atoms with Crippen LogP contribution in [0.15, 0.2) is 18.2 Å². The largest absolute Gasteiger partial charge is 0.433 e. The van der Waals surface area contributed by atoms with Crippen molar-refractivity contribution >= 4 is 5.82 Å². The van der Waals surface area contributed by atoms with Crippen LogP contribution < -0.4 is 4.90 Å². The lowest BCUT2D eigenvalue weighted by Crippen LogP contribution is -2.28. The number of nitrogens with zero attached hydrogens (tertiary/aromatic N) is 3. The number of halogens is 3. The molecule has 1 aromatic heterocycles. The van der Waals surface area contributed by atoms with Gasteiger partial charge in [-0.15, -0.1) is 0 Å². The quantitative estimate of drug-likeness (QED) is 0.830. The fourth-order valence-corrected chi connectivity index (χ4v) is 1.78. The zero-order chi connectivity index (χ0) is 13.2. The minimum absolute atomic E-state index is 0.231. The molecule has 1 fully saturated rings. The fourth-order valence-electron chi connectivity index (χ4n) is 1.78. The van der Waals surface area contributed by atoms with Crippen LogP contribution in [0.4, 0.5) is 19.0 Å². The van der Waals surface area contributed by atoms with Crippen molar-refractivity contribution in [3.63, 3.8) is 0 Å². The first-order valence-corrected chi connectivity index (χ1v) is 5.70. The highest BCUT2D eigenvalue weighted by atomic mass is 19.4. The summed E-state index contributed by atoms with van der Waals surface area (Å²) in [7, 11) is 0. The molecule has 0 saturated heterocycles. The molecule has 0 radical (unpaired) electrons. The molecule has 0 aromatic carbocycles. The molecule has 96 valence electrons. The lowest BCUT2D eigenvalue weighted by atomic mass is 10.3. The van der Waals surface area contributed by atoms with E-state index in [-0.39, 0.29) is 12.5 Å². The normalized spacial score (nSPS) is 15.2. The summed E-state index contributed by atoms with van der Waals surface area (Å²) in [6.45, 7) is 0.426. The third-order valence-electron chi connectivity index (χ3n) is 2.77. The third-order valence-corrected chi connectivity index (χ3v) is 2.77. The Bertz CT molecular complexity index is 460. The lowest BCUT2D eigenvalue weighted by molar-refractivity contribution is -0.141. The number of nitriles is 1. The van der Waals surface area contributed by atoms with Gasteiger partial charge in [0.05, 0.1) is 12.5 Å². The zero-order valence-corrected chi connectivity index (χ0v) is 9.61. The van der Waals surface area contributed by atoms with Crippen LogP contribution in [0, 0.1) is 11.3 Å². The number of alkyl halides is 3. The molecular formula is C12H12F3N3. The van der Waals surface area contributed by atoms with Crippen molar-refractivity contribution in [2.24, 2.45) is 0 Å². The number of aromatic nitrogens is 1. The Morgan fingerprint density at radius 2 is 2.11 bits per heavy atom. The van der Waals surface area contributed by atoms with Crippen molar-refractivity contribution in [3.8, 4) is 6.07 Å². The van der Waals surface area contributed by atoms with E-state index in [0.29, 0.717) is 12.4 Å². The predicted molar refractivity (Wildman–Crippen MR) is 59.8 cm³/mol. The van der Waals surface area contributed by atoms with Crippen LogP contribution in [0.5, 0.6) is 0 Å². The molecule has 1 aliphatic rings. The summed E-state index contributed by atoms with van der Waals surface area (Å²) in [5, 5.41) is 8.57. The number of hydrogen-bond acceptors (Lipinski definition) is 3. The Kier molecular flexibility index (Phi) is 3.41. The zero-order valence-electron chi connectivity index (χ0n) is 9.61. The molecule has 0 atom stereocenters. The van der Waals surface area contributed by atoms with E-state index >= 15 is 0 Å². The van der Waals surface area contributed by atoms with E-state index in [2.05, 4.69) is 4.98 Å². The van der Waals surface area contributed by atoms with Crippen molar-refractivity contribution < 1.29 is 13.2 Å². The highest BCUT2D eigenvalue weighted by Crippen LogP contribution is 2.33. The Hall–Kier alpha value is -1.77. The molecule has 1 heterocycles. The molecular weight excluding hydrogens is 243 g/mol. The molecule has 0 aliphatic heterocycles. The van der Waals surface area contributed by atoms with Crippen LogP contribution in [0.25, 0.3) is 0 Å². The van der Waals surface area contributed by atoms with Gasteiger partial charge in [-0.3, -0.25) is 0 Å². The van der Waals surface area contributed by atoms with E-state index in [1.807, 2.05) is 6.07 Å². The van der Waals surface area contributed by atoms with Crippen LogP contribution in [0.3, 0.4) is 0 Å². The maximum absolute atomic E-state index is 12.6. The molecule has 1 aromatic rings. The van der Waals surface area contributed by atoms with Crippen LogP contribution in [0.2, 0.25) is 0 Å². The van der Waals surface area contributed by atoms with E-state index in [1.165, 1.54) is 6.07 Å². The van der Waals surface area contributed by atoms with Gasteiger partial charge in [-0.1, -0.05) is 6.07 Å². The van der Waals surface area contributed by atoms with Crippen molar-refractivity contribution in [2.45, 2.75) is 31.5 Å². The van der Waals surface area contributed by atoms with Crippen LogP contribution in [0.1, 0.15) is 25.0 Å². The Morgan fingerprint density at radius 3 is 2.67 bits per heavy atom. The molecule has 2 rings (SSSR count). The number of anilines is 1. The van der Waals surface area contributed by atoms with Crippen molar-refractivity contribution in [1.82, 2.24) is 4.98 Å². The van der Waals surface area contributed by atoms with Crippen LogP contribution in [-0.4, -0.2) is 17.6 Å². The summed E-state index contributed by atoms with van der Waals surface area (Å²) in [6.07, 6.45) is -2.25. The van der Waals surface area contributed by atoms with Crippen molar-refractivity contribution in [2.75, 3.05) is 11.4 Å². The van der Waals surface area contributed by atoms with Gasteiger partial charge < -0.3 is 4.90 Å². The van der Waals surface area contributed by atoms with Gasteiger partial charge in [0.15, 0.2) is 0 Å². The molecule has 0 bridgehead atoms. The van der Waals surface area contributed by atoms with E-state index in [4.69, 9.17) is 5.26 Å². The monoisotopic (exact) mass is 255 g/mol. The van der Waals surface area contributed by atoms with E-state index in [1.54, 1.807) is 11.0 Å². The molecule has 0 spiro atoms. The number of pyridine rings is 1. The topological polar surface area (TPSA) is 39.9 Å². The Morgan fingerprint density at radius 1 is 1.39 bits per heavy atom. The summed E-state index contributed by atoms with van der Waals surface area (Å²) in [5.41, 5.74) is -0.886. The van der Waals surface area contributed by atoms with Crippen molar-refractivity contribution in [3.05, 3.63) is 23.9 Å². The molecule has 0 N–H and O–H groups in total. The molecule has 1 aliphatic carbocycles. The van der Waals surface area contributed by atoms with Gasteiger partial charge in [-0.05, 0) is 25.0 Å². The summed E-state index contributed by atoms with van der Waals surface area (Å²) < 4.78 is 37.7. The van der Waals surface area contributed by atoms with E-state index < -0.39 is 11.9 Å². The molecule has 3 nitrogen and oxygen atoms in total. The van der Waals surface area contributed by atoms with Gasteiger partial charge >= 0.3 is 6.18 Å². The molecule has 0 unspecified atom stereocenters. The smallest absolute Gasteiger partial charge is 0.353 e. The van der Waals surface area contributed by atoms with E-state index in [9.17, 15) is 13.2 Å². The summed E-state index contributed by atoms with van der Waals surface area (Å²) in [6, 6.07) is 6.11. The van der Waals surface area contributed by atoms with Crippen LogP contribution >= 0.6 is 0 Å². The highest BCUT2D eigenvalue weighted by Gasteiger charge is 2.34. The lowest BCUT2D eigenvalue weighted by Gasteiger charge is -2.23. The maximum atomic E-state index is 12.6. The maximum Gasteiger partial charge on any atom is 0.433 e. The average molecular weight is 255 g/mol. The minimum atomic E-state index is -4.43. The van der Waals surface area contributed by atoms with Crippen molar-refractivity contribution in [1.29, 1.82) is 5.26 Å². The third kappa shape index (κ3) is 2.92. The van der Waals surface area contributed by atoms with Gasteiger partial charge in [-0.2, -0.15) is 18.4 Å². The first-order valence-electron chi connectivity index (χ1n) is 5.70. The van der Waals surface area contributed by atoms with Crippen LogP contribution in [-0.2, 0) is 6.18 Å². The fraction of sp³-hybridized carbons (Fsp3) is 0.500. The predicted octanol–water partition coefficient (Wildman–Crippen LogP) is 2.98. The highest BCUT2D eigenvalue weighted by molar-refractivity contribution is 5.42. The summed E-state index contributed by atoms with van der Waals surface area (Å²) >= 11 is 0. The van der Waals surface area contributed by atoms with Gasteiger partial charge in [-0.25, -0.2) is 4.98 Å². The number of hydrogen-bond donors (Lipinski definition) is 0.